The summed E-state index contributed by atoms with van der Waals surface area (Å²) in [6, 6.07) is 6.49. The molecule has 1 fully saturated rings. The van der Waals surface area contributed by atoms with Crippen molar-refractivity contribution in [3.63, 3.8) is 0 Å². The van der Waals surface area contributed by atoms with Crippen molar-refractivity contribution >= 4 is 23.4 Å². The van der Waals surface area contributed by atoms with Gasteiger partial charge in [0.2, 0.25) is 0 Å². The number of ketones is 1. The van der Waals surface area contributed by atoms with Gasteiger partial charge in [-0.15, -0.1) is 10.2 Å². The van der Waals surface area contributed by atoms with Gasteiger partial charge in [0.05, 0.1) is 11.3 Å². The fourth-order valence-electron chi connectivity index (χ4n) is 4.19. The maximum Gasteiger partial charge on any atom is 0.332 e. The first kappa shape index (κ1) is 23.0. The maximum atomic E-state index is 14.5. The summed E-state index contributed by atoms with van der Waals surface area (Å²) >= 11 is 1.12. The van der Waals surface area contributed by atoms with Gasteiger partial charge in [0.25, 0.3) is 5.56 Å². The summed E-state index contributed by atoms with van der Waals surface area (Å²) in [6.45, 7) is 0. The van der Waals surface area contributed by atoms with Crippen molar-refractivity contribution in [2.45, 2.75) is 43.3 Å². The Bertz CT molecular complexity index is 1320. The van der Waals surface area contributed by atoms with E-state index in [-0.39, 0.29) is 23.2 Å². The Morgan fingerprint density at radius 1 is 1.12 bits per heavy atom. The average Bonchev–Trinajstić information content (AvgIpc) is 3.25. The van der Waals surface area contributed by atoms with Crippen LogP contribution in [0.5, 0.6) is 0 Å². The third-order valence-electron chi connectivity index (χ3n) is 6.04. The van der Waals surface area contributed by atoms with E-state index >= 15 is 0 Å². The molecule has 0 bridgehead atoms. The molecule has 4 rings (SSSR count). The first-order valence-corrected chi connectivity index (χ1v) is 11.7. The van der Waals surface area contributed by atoms with Crippen LogP contribution in [-0.4, -0.2) is 35.4 Å². The molecule has 11 heteroatoms. The first-order valence-electron chi connectivity index (χ1n) is 10.7. The van der Waals surface area contributed by atoms with Crippen LogP contribution in [0.25, 0.3) is 11.4 Å². The number of hydrogen-bond donors (Lipinski definition) is 1. The Morgan fingerprint density at radius 3 is 2.52 bits per heavy atom. The minimum atomic E-state index is -0.734. The lowest BCUT2D eigenvalue weighted by Gasteiger charge is -2.25. The van der Waals surface area contributed by atoms with Crippen molar-refractivity contribution in [1.82, 2.24) is 23.9 Å². The average molecular weight is 473 g/mol. The molecule has 2 aromatic heterocycles. The number of hydrogen-bond acceptors (Lipinski definition) is 7. The Labute approximate surface area is 193 Å². The number of nitrogens with two attached hydrogens (primary N) is 1. The number of benzene rings is 1. The lowest BCUT2D eigenvalue weighted by Crippen LogP contribution is -2.41. The highest BCUT2D eigenvalue weighted by Crippen LogP contribution is 2.36. The van der Waals surface area contributed by atoms with Gasteiger partial charge < -0.3 is 5.73 Å². The number of halogens is 1. The van der Waals surface area contributed by atoms with Gasteiger partial charge in [0.15, 0.2) is 16.8 Å². The normalized spacial score (nSPS) is 14.5. The van der Waals surface area contributed by atoms with Gasteiger partial charge in [-0.3, -0.25) is 23.3 Å². The topological polar surface area (TPSA) is 118 Å². The van der Waals surface area contributed by atoms with Crippen molar-refractivity contribution in [2.75, 3.05) is 11.5 Å². The van der Waals surface area contributed by atoms with E-state index in [2.05, 4.69) is 10.2 Å². The highest BCUT2D eigenvalue weighted by molar-refractivity contribution is 7.99. The molecule has 0 saturated heterocycles. The van der Waals surface area contributed by atoms with Crippen LogP contribution >= 0.6 is 11.8 Å². The van der Waals surface area contributed by atoms with Crippen molar-refractivity contribution in [1.29, 1.82) is 0 Å². The van der Waals surface area contributed by atoms with Crippen molar-refractivity contribution < 1.29 is 9.18 Å². The number of Topliss-reactive ketones (excluding diaryl/α,β-unsaturated/α-hetero) is 1. The zero-order chi connectivity index (χ0) is 23.7. The summed E-state index contributed by atoms with van der Waals surface area (Å²) < 4.78 is 18.4. The third kappa shape index (κ3) is 4.24. The van der Waals surface area contributed by atoms with E-state index in [1.165, 1.54) is 20.2 Å². The second kappa shape index (κ2) is 9.34. The Morgan fingerprint density at radius 2 is 1.82 bits per heavy atom. The van der Waals surface area contributed by atoms with Crippen LogP contribution in [0.2, 0.25) is 0 Å². The molecule has 0 atom stereocenters. The lowest BCUT2D eigenvalue weighted by atomic mass is 9.95. The maximum absolute atomic E-state index is 14.5. The molecular formula is C22H25FN6O3S. The predicted molar refractivity (Wildman–Crippen MR) is 124 cm³/mol. The summed E-state index contributed by atoms with van der Waals surface area (Å²) in [7, 11) is 2.70. The van der Waals surface area contributed by atoms with E-state index in [4.69, 9.17) is 5.73 Å². The van der Waals surface area contributed by atoms with Gasteiger partial charge >= 0.3 is 5.69 Å². The summed E-state index contributed by atoms with van der Waals surface area (Å²) in [4.78, 5) is 37.5. The van der Waals surface area contributed by atoms with Crippen LogP contribution in [-0.2, 0) is 14.1 Å². The van der Waals surface area contributed by atoms with Crippen LogP contribution in [0.3, 0.4) is 0 Å². The van der Waals surface area contributed by atoms with Crippen LogP contribution in [0.1, 0.15) is 48.5 Å². The molecule has 2 N–H and O–H groups in total. The fraction of sp³-hybridized carbons (Fsp3) is 0.409. The number of aromatic nitrogens is 5. The Balaban J connectivity index is 1.68. The van der Waals surface area contributed by atoms with Crippen molar-refractivity contribution in [3.05, 3.63) is 56.5 Å². The van der Waals surface area contributed by atoms with Crippen LogP contribution in [0.4, 0.5) is 10.2 Å². The molecule has 9 nitrogen and oxygen atoms in total. The van der Waals surface area contributed by atoms with Crippen LogP contribution in [0, 0.1) is 5.82 Å². The SMILES string of the molecule is Cn1c(N)c(C(=O)CSc2nnc(-c3ccccc3F)n2C2CCCCC2)c(=O)n(C)c1=O. The third-order valence-corrected chi connectivity index (χ3v) is 6.98. The number of rotatable bonds is 6. The minimum absolute atomic E-state index is 0.0939. The van der Waals surface area contributed by atoms with Gasteiger partial charge in [0, 0.05) is 20.1 Å². The molecule has 0 spiro atoms. The highest BCUT2D eigenvalue weighted by Gasteiger charge is 2.27. The molecule has 0 radical (unpaired) electrons. The molecule has 1 saturated carbocycles. The van der Waals surface area contributed by atoms with E-state index in [9.17, 15) is 18.8 Å². The van der Waals surface area contributed by atoms with E-state index in [0.29, 0.717) is 16.5 Å². The summed E-state index contributed by atoms with van der Waals surface area (Å²) in [6.07, 6.45) is 5.06. The highest BCUT2D eigenvalue weighted by atomic mass is 32.2. The molecular weight excluding hydrogens is 447 g/mol. The minimum Gasteiger partial charge on any atom is -0.384 e. The fourth-order valence-corrected chi connectivity index (χ4v) is 5.07. The summed E-state index contributed by atoms with van der Waals surface area (Å²) in [5.74, 6) is -0.780. The second-order valence-electron chi connectivity index (χ2n) is 8.13. The molecule has 1 aromatic carbocycles. The van der Waals surface area contributed by atoms with E-state index in [1.54, 1.807) is 18.2 Å². The standard InChI is InChI=1S/C22H25FN6O3S/c1-27-18(24)17(20(31)28(2)22(27)32)16(30)12-33-21-26-25-19(14-10-6-7-11-15(14)23)29(21)13-8-4-3-5-9-13/h6-7,10-11,13H,3-5,8-9,12,24H2,1-2H3. The molecule has 33 heavy (non-hydrogen) atoms. The van der Waals surface area contributed by atoms with Crippen LogP contribution < -0.4 is 17.0 Å². The number of thioether (sulfide) groups is 1. The zero-order valence-electron chi connectivity index (χ0n) is 18.5. The molecule has 0 amide bonds. The lowest BCUT2D eigenvalue weighted by molar-refractivity contribution is 0.102. The van der Waals surface area contributed by atoms with Crippen LogP contribution in [0.15, 0.2) is 39.0 Å². The molecule has 174 valence electrons. The van der Waals surface area contributed by atoms with Crippen molar-refractivity contribution in [3.8, 4) is 11.4 Å². The molecule has 1 aliphatic rings. The second-order valence-corrected chi connectivity index (χ2v) is 9.07. The largest absolute Gasteiger partial charge is 0.384 e. The molecule has 1 aliphatic carbocycles. The van der Waals surface area contributed by atoms with Crippen molar-refractivity contribution in [2.24, 2.45) is 14.1 Å². The number of nitrogens with zero attached hydrogens (tertiary/aromatic N) is 5. The molecule has 0 unspecified atom stereocenters. The van der Waals surface area contributed by atoms with E-state index in [0.717, 1.165) is 53.0 Å². The van der Waals surface area contributed by atoms with Gasteiger partial charge in [-0.05, 0) is 25.0 Å². The first-order chi connectivity index (χ1) is 15.8. The quantitative estimate of drug-likeness (QED) is 0.433. The van der Waals surface area contributed by atoms with E-state index < -0.39 is 22.8 Å². The predicted octanol–water partition coefficient (Wildman–Crippen LogP) is 2.54. The molecule has 3 aromatic rings. The number of anilines is 1. The van der Waals surface area contributed by atoms with Gasteiger partial charge in [-0.1, -0.05) is 43.2 Å². The number of carbonyl (C=O) groups excluding carboxylic acids is 1. The van der Waals surface area contributed by atoms with E-state index in [1.807, 2.05) is 4.57 Å². The molecule has 2 heterocycles. The Hall–Kier alpha value is -3.21. The smallest absolute Gasteiger partial charge is 0.332 e. The van der Waals surface area contributed by atoms with Gasteiger partial charge in [-0.25, -0.2) is 9.18 Å². The zero-order valence-corrected chi connectivity index (χ0v) is 19.3. The molecule has 0 aliphatic heterocycles. The number of carbonyl (C=O) groups is 1. The van der Waals surface area contributed by atoms with Gasteiger partial charge in [0.1, 0.15) is 17.2 Å². The Kier molecular flexibility index (Phi) is 6.50. The number of nitrogen functional groups attached to an aromatic ring is 1. The van der Waals surface area contributed by atoms with Gasteiger partial charge in [-0.2, -0.15) is 0 Å². The monoisotopic (exact) mass is 472 g/mol. The summed E-state index contributed by atoms with van der Waals surface area (Å²) in [5.41, 5.74) is 4.69. The summed E-state index contributed by atoms with van der Waals surface area (Å²) in [5, 5.41) is 8.99.